The first-order chi connectivity index (χ1) is 8.58. The number of amides is 1. The quantitative estimate of drug-likeness (QED) is 0.870. The molecule has 0 aromatic carbocycles. The largest absolute Gasteiger partial charge is 0.376 e. The van der Waals surface area contributed by atoms with Crippen LogP contribution in [0.15, 0.2) is 12.3 Å². The Morgan fingerprint density at radius 2 is 2.39 bits per heavy atom. The fraction of sp³-hybridized carbons (Fsp3) is 0.500. The first-order valence-corrected chi connectivity index (χ1v) is 6.57. The molecule has 1 amide bonds. The molecule has 1 saturated heterocycles. The monoisotopic (exact) mass is 288 g/mol. The molecular weight excluding hydrogens is 275 g/mol. The normalized spacial score (nSPS) is 20.7. The SMILES string of the molecule is C[C@@H](NC(=O)c1cnc(Cl)c(Cl)c1)[C@H]1CCCO1. The third kappa shape index (κ3) is 3.13. The highest BCUT2D eigenvalue weighted by atomic mass is 35.5. The van der Waals surface area contributed by atoms with E-state index in [1.54, 1.807) is 0 Å². The second-order valence-electron chi connectivity index (χ2n) is 4.31. The van der Waals surface area contributed by atoms with Crippen molar-refractivity contribution in [3.63, 3.8) is 0 Å². The fourth-order valence-electron chi connectivity index (χ4n) is 1.93. The molecular formula is C12H14Cl2N2O2. The van der Waals surface area contributed by atoms with E-state index in [9.17, 15) is 4.79 Å². The molecule has 1 N–H and O–H groups in total. The molecule has 0 saturated carbocycles. The van der Waals surface area contributed by atoms with Crippen molar-refractivity contribution in [3.05, 3.63) is 28.0 Å². The van der Waals surface area contributed by atoms with Crippen LogP contribution in [0.3, 0.4) is 0 Å². The molecule has 1 aromatic rings. The number of rotatable bonds is 3. The van der Waals surface area contributed by atoms with Crippen molar-refractivity contribution in [2.45, 2.75) is 31.9 Å². The van der Waals surface area contributed by atoms with Gasteiger partial charge in [-0.2, -0.15) is 0 Å². The Balaban J connectivity index is 2.00. The number of aromatic nitrogens is 1. The van der Waals surface area contributed by atoms with Crippen LogP contribution >= 0.6 is 23.2 Å². The van der Waals surface area contributed by atoms with Gasteiger partial charge in [-0.3, -0.25) is 4.79 Å². The molecule has 4 nitrogen and oxygen atoms in total. The summed E-state index contributed by atoms with van der Waals surface area (Å²) in [4.78, 5) is 15.8. The summed E-state index contributed by atoms with van der Waals surface area (Å²) in [6.45, 7) is 2.69. The van der Waals surface area contributed by atoms with Crippen LogP contribution in [0.1, 0.15) is 30.1 Å². The van der Waals surface area contributed by atoms with Gasteiger partial charge in [-0.15, -0.1) is 0 Å². The third-order valence-electron chi connectivity index (χ3n) is 2.94. The van der Waals surface area contributed by atoms with Crippen molar-refractivity contribution in [2.24, 2.45) is 0 Å². The van der Waals surface area contributed by atoms with Gasteiger partial charge in [0.1, 0.15) is 5.15 Å². The number of halogens is 2. The van der Waals surface area contributed by atoms with Crippen LogP contribution < -0.4 is 5.32 Å². The molecule has 0 unspecified atom stereocenters. The lowest BCUT2D eigenvalue weighted by Gasteiger charge is -2.19. The molecule has 2 rings (SSSR count). The summed E-state index contributed by atoms with van der Waals surface area (Å²) in [5.74, 6) is -0.218. The van der Waals surface area contributed by atoms with E-state index >= 15 is 0 Å². The first kappa shape index (κ1) is 13.6. The number of ether oxygens (including phenoxy) is 1. The van der Waals surface area contributed by atoms with Crippen LogP contribution in [0, 0.1) is 0 Å². The Hall–Kier alpha value is -0.840. The minimum Gasteiger partial charge on any atom is -0.376 e. The number of hydrogen-bond acceptors (Lipinski definition) is 3. The number of carbonyl (C=O) groups is 1. The van der Waals surface area contributed by atoms with Gasteiger partial charge in [0.05, 0.1) is 22.7 Å². The summed E-state index contributed by atoms with van der Waals surface area (Å²) >= 11 is 11.5. The molecule has 0 aliphatic carbocycles. The number of carbonyl (C=O) groups excluding carboxylic acids is 1. The van der Waals surface area contributed by atoms with Gasteiger partial charge in [0.25, 0.3) is 5.91 Å². The van der Waals surface area contributed by atoms with Crippen LogP contribution in [0.2, 0.25) is 10.2 Å². The van der Waals surface area contributed by atoms with E-state index in [-0.39, 0.29) is 28.2 Å². The van der Waals surface area contributed by atoms with Gasteiger partial charge in [0.2, 0.25) is 0 Å². The number of pyridine rings is 1. The Labute approximate surface area is 116 Å². The zero-order valence-electron chi connectivity index (χ0n) is 9.95. The standard InChI is InChI=1S/C12H14Cl2N2O2/c1-7(10-3-2-4-18-10)16-12(17)8-5-9(13)11(14)15-6-8/h5-7,10H,2-4H2,1H3,(H,16,17)/t7-,10-/m1/s1. The summed E-state index contributed by atoms with van der Waals surface area (Å²) in [5.41, 5.74) is 0.397. The van der Waals surface area contributed by atoms with Gasteiger partial charge < -0.3 is 10.1 Å². The van der Waals surface area contributed by atoms with Gasteiger partial charge in [0, 0.05) is 12.8 Å². The lowest BCUT2D eigenvalue weighted by molar-refractivity contribution is 0.0712. The van der Waals surface area contributed by atoms with Crippen molar-refractivity contribution in [1.82, 2.24) is 10.3 Å². The molecule has 2 heterocycles. The zero-order valence-corrected chi connectivity index (χ0v) is 11.5. The van der Waals surface area contributed by atoms with Crippen molar-refractivity contribution in [3.8, 4) is 0 Å². The Bertz CT molecular complexity index is 448. The van der Waals surface area contributed by atoms with E-state index in [4.69, 9.17) is 27.9 Å². The smallest absolute Gasteiger partial charge is 0.253 e. The molecule has 6 heteroatoms. The van der Waals surface area contributed by atoms with Gasteiger partial charge >= 0.3 is 0 Å². The topological polar surface area (TPSA) is 51.2 Å². The predicted octanol–water partition coefficient (Wildman–Crippen LogP) is 2.69. The highest BCUT2D eigenvalue weighted by Gasteiger charge is 2.24. The molecule has 1 aliphatic heterocycles. The highest BCUT2D eigenvalue weighted by molar-refractivity contribution is 6.41. The third-order valence-corrected chi connectivity index (χ3v) is 3.63. The van der Waals surface area contributed by atoms with Crippen molar-refractivity contribution >= 4 is 29.1 Å². The molecule has 18 heavy (non-hydrogen) atoms. The Morgan fingerprint density at radius 1 is 1.61 bits per heavy atom. The Morgan fingerprint density at radius 3 is 3.00 bits per heavy atom. The molecule has 0 radical (unpaired) electrons. The van der Waals surface area contributed by atoms with E-state index in [0.29, 0.717) is 5.56 Å². The van der Waals surface area contributed by atoms with Gasteiger partial charge in [-0.1, -0.05) is 23.2 Å². The minimum atomic E-state index is -0.218. The zero-order chi connectivity index (χ0) is 13.1. The fourth-order valence-corrected chi connectivity index (χ4v) is 2.20. The van der Waals surface area contributed by atoms with Crippen molar-refractivity contribution < 1.29 is 9.53 Å². The predicted molar refractivity (Wildman–Crippen MR) is 70.2 cm³/mol. The summed E-state index contributed by atoms with van der Waals surface area (Å²) in [7, 11) is 0. The van der Waals surface area contributed by atoms with E-state index < -0.39 is 0 Å². The van der Waals surface area contributed by atoms with E-state index in [1.165, 1.54) is 12.3 Å². The number of nitrogens with zero attached hydrogens (tertiary/aromatic N) is 1. The molecule has 1 fully saturated rings. The van der Waals surface area contributed by atoms with Crippen LogP contribution in [0.5, 0.6) is 0 Å². The van der Waals surface area contributed by atoms with E-state index in [1.807, 2.05) is 6.92 Å². The summed E-state index contributed by atoms with van der Waals surface area (Å²) in [6, 6.07) is 1.48. The maximum Gasteiger partial charge on any atom is 0.253 e. The van der Waals surface area contributed by atoms with Crippen molar-refractivity contribution in [2.75, 3.05) is 6.61 Å². The summed E-state index contributed by atoms with van der Waals surface area (Å²) < 4.78 is 5.52. The average molecular weight is 289 g/mol. The minimum absolute atomic E-state index is 0.0329. The summed E-state index contributed by atoms with van der Waals surface area (Å²) in [5, 5.41) is 3.35. The molecule has 0 bridgehead atoms. The number of nitrogens with one attached hydrogen (secondary N) is 1. The van der Waals surface area contributed by atoms with Crippen LogP contribution in [0.25, 0.3) is 0 Å². The molecule has 98 valence electrons. The van der Waals surface area contributed by atoms with Gasteiger partial charge in [-0.25, -0.2) is 4.98 Å². The molecule has 0 spiro atoms. The maximum absolute atomic E-state index is 12.0. The second kappa shape index (κ2) is 5.87. The average Bonchev–Trinajstić information content (AvgIpc) is 2.86. The van der Waals surface area contributed by atoms with Crippen molar-refractivity contribution in [1.29, 1.82) is 0 Å². The van der Waals surface area contributed by atoms with Crippen LogP contribution in [-0.2, 0) is 4.74 Å². The second-order valence-corrected chi connectivity index (χ2v) is 5.08. The first-order valence-electron chi connectivity index (χ1n) is 5.81. The van der Waals surface area contributed by atoms with Crippen LogP contribution in [0.4, 0.5) is 0 Å². The Kier molecular flexibility index (Phi) is 4.43. The lowest BCUT2D eigenvalue weighted by atomic mass is 10.1. The highest BCUT2D eigenvalue weighted by Crippen LogP contribution is 2.20. The number of hydrogen-bond donors (Lipinski definition) is 1. The molecule has 2 atom stereocenters. The van der Waals surface area contributed by atoms with Gasteiger partial charge in [-0.05, 0) is 25.8 Å². The van der Waals surface area contributed by atoms with Gasteiger partial charge in [0.15, 0.2) is 0 Å². The summed E-state index contributed by atoms with van der Waals surface area (Å²) in [6.07, 6.45) is 3.51. The van der Waals surface area contributed by atoms with E-state index in [0.717, 1.165) is 19.4 Å². The molecule has 1 aromatic heterocycles. The maximum atomic E-state index is 12.0. The molecule has 1 aliphatic rings. The lowest BCUT2D eigenvalue weighted by Crippen LogP contribution is -2.40. The van der Waals surface area contributed by atoms with Crippen LogP contribution in [-0.4, -0.2) is 29.6 Å². The van der Waals surface area contributed by atoms with E-state index in [2.05, 4.69) is 10.3 Å².